The third-order valence-corrected chi connectivity index (χ3v) is 5.64. The summed E-state index contributed by atoms with van der Waals surface area (Å²) in [6.45, 7) is 1.15. The summed E-state index contributed by atoms with van der Waals surface area (Å²) in [5.41, 5.74) is 0.766. The van der Waals surface area contributed by atoms with Crippen molar-refractivity contribution in [2.45, 2.75) is 24.5 Å². The molecule has 9 heteroatoms. The average molecular weight is 373 g/mol. The van der Waals surface area contributed by atoms with Crippen LogP contribution in [-0.2, 0) is 16.1 Å². The topological polar surface area (TPSA) is 89.3 Å². The molecule has 4 rings (SSSR count). The van der Waals surface area contributed by atoms with E-state index >= 15 is 0 Å². The van der Waals surface area contributed by atoms with Gasteiger partial charge >= 0.3 is 0 Å². The molecule has 0 spiro atoms. The Labute approximate surface area is 154 Å². The van der Waals surface area contributed by atoms with Crippen molar-refractivity contribution < 1.29 is 14.3 Å². The van der Waals surface area contributed by atoms with Gasteiger partial charge in [-0.2, -0.15) is 0 Å². The summed E-state index contributed by atoms with van der Waals surface area (Å²) in [6.07, 6.45) is 1.21. The van der Waals surface area contributed by atoms with Gasteiger partial charge in [0.15, 0.2) is 5.16 Å². The first kappa shape index (κ1) is 16.9. The maximum Gasteiger partial charge on any atom is 0.232 e. The fourth-order valence-corrected chi connectivity index (χ4v) is 4.07. The lowest BCUT2D eigenvalue weighted by molar-refractivity contribution is -0.122. The van der Waals surface area contributed by atoms with E-state index in [2.05, 4.69) is 15.5 Å². The molecule has 1 aromatic heterocycles. The Balaban J connectivity index is 1.44. The number of hydrogen-bond donors (Lipinski definition) is 1. The highest BCUT2D eigenvalue weighted by atomic mass is 32.2. The van der Waals surface area contributed by atoms with Crippen LogP contribution in [0.1, 0.15) is 12.8 Å². The highest BCUT2D eigenvalue weighted by molar-refractivity contribution is 7.99. The molecule has 1 saturated heterocycles. The summed E-state index contributed by atoms with van der Waals surface area (Å²) in [7, 11) is 1.60. The molecule has 0 saturated carbocycles. The molecular weight excluding hydrogens is 354 g/mol. The van der Waals surface area contributed by atoms with E-state index in [9.17, 15) is 9.59 Å². The second-order valence-electron chi connectivity index (χ2n) is 6.25. The van der Waals surface area contributed by atoms with E-state index in [1.54, 1.807) is 35.9 Å². The Bertz CT molecular complexity index is 835. The fraction of sp³-hybridized carbons (Fsp3) is 0.412. The predicted molar refractivity (Wildman–Crippen MR) is 97.4 cm³/mol. The first-order chi connectivity index (χ1) is 12.7. The molecule has 0 radical (unpaired) electrons. The minimum absolute atomic E-state index is 0.0610. The molecule has 136 valence electrons. The van der Waals surface area contributed by atoms with E-state index < -0.39 is 5.92 Å². The molecule has 2 amide bonds. The van der Waals surface area contributed by atoms with Crippen LogP contribution in [-0.4, -0.2) is 46.0 Å². The lowest BCUT2D eigenvalue weighted by Crippen LogP contribution is -2.29. The number of fused-ring (bicyclic) bond motifs is 1. The number of carbonyl (C=O) groups excluding carboxylic acids is 2. The minimum atomic E-state index is -0.409. The van der Waals surface area contributed by atoms with Crippen molar-refractivity contribution in [3.8, 4) is 5.75 Å². The standard InChI is InChI=1S/C17H19N5O3S/c1-25-13-5-3-12(4-6-13)22-10-11(9-14(22)23)15(24)18-16-19-20-17-21(16)7-2-8-26-17/h3-6,11H,2,7-10H2,1H3,(H,18,19,24). The van der Waals surface area contributed by atoms with Crippen molar-refractivity contribution in [1.82, 2.24) is 14.8 Å². The Kier molecular flexibility index (Phi) is 4.54. The molecular formula is C17H19N5O3S. The zero-order valence-corrected chi connectivity index (χ0v) is 15.2. The van der Waals surface area contributed by atoms with Crippen molar-refractivity contribution >= 4 is 35.2 Å². The van der Waals surface area contributed by atoms with Crippen molar-refractivity contribution in [3.05, 3.63) is 24.3 Å². The Morgan fingerprint density at radius 3 is 2.88 bits per heavy atom. The van der Waals surface area contributed by atoms with Crippen LogP contribution in [0.15, 0.2) is 29.4 Å². The summed E-state index contributed by atoms with van der Waals surface area (Å²) in [5.74, 6) is 1.54. The third kappa shape index (κ3) is 3.14. The number of hydrogen-bond acceptors (Lipinski definition) is 6. The van der Waals surface area contributed by atoms with E-state index in [0.717, 1.165) is 35.3 Å². The Hall–Kier alpha value is -2.55. The highest BCUT2D eigenvalue weighted by Gasteiger charge is 2.35. The molecule has 2 aliphatic heterocycles. The van der Waals surface area contributed by atoms with E-state index in [-0.39, 0.29) is 18.2 Å². The molecule has 26 heavy (non-hydrogen) atoms. The van der Waals surface area contributed by atoms with Crippen LogP contribution in [0.5, 0.6) is 5.75 Å². The molecule has 2 aliphatic rings. The van der Waals surface area contributed by atoms with Gasteiger partial charge in [-0.25, -0.2) is 0 Å². The number of benzene rings is 1. The van der Waals surface area contributed by atoms with Gasteiger partial charge in [-0.3, -0.25) is 19.5 Å². The first-order valence-corrected chi connectivity index (χ1v) is 9.45. The van der Waals surface area contributed by atoms with Gasteiger partial charge in [-0.15, -0.1) is 10.2 Å². The average Bonchev–Trinajstić information content (AvgIpc) is 3.26. The van der Waals surface area contributed by atoms with Crippen LogP contribution in [0.4, 0.5) is 11.6 Å². The lowest BCUT2D eigenvalue weighted by Gasteiger charge is -2.17. The maximum atomic E-state index is 12.6. The van der Waals surface area contributed by atoms with Crippen LogP contribution in [0.2, 0.25) is 0 Å². The molecule has 2 aromatic rings. The van der Waals surface area contributed by atoms with Crippen LogP contribution in [0, 0.1) is 5.92 Å². The normalized spacial score (nSPS) is 19.3. The third-order valence-electron chi connectivity index (χ3n) is 4.59. The first-order valence-electron chi connectivity index (χ1n) is 8.47. The van der Waals surface area contributed by atoms with Crippen molar-refractivity contribution in [2.75, 3.05) is 29.6 Å². The van der Waals surface area contributed by atoms with Gasteiger partial charge in [0.2, 0.25) is 17.8 Å². The molecule has 3 heterocycles. The summed E-state index contributed by atoms with van der Waals surface area (Å²) >= 11 is 1.64. The van der Waals surface area contributed by atoms with Crippen LogP contribution < -0.4 is 15.0 Å². The number of thioether (sulfide) groups is 1. The number of amides is 2. The zero-order valence-electron chi connectivity index (χ0n) is 14.3. The van der Waals surface area contributed by atoms with Gasteiger partial charge in [0, 0.05) is 31.0 Å². The SMILES string of the molecule is COc1ccc(N2CC(C(=O)Nc3nnc4n3CCCS4)CC2=O)cc1. The second-order valence-corrected chi connectivity index (χ2v) is 7.31. The number of anilines is 2. The fourth-order valence-electron chi connectivity index (χ4n) is 3.18. The molecule has 0 bridgehead atoms. The largest absolute Gasteiger partial charge is 0.497 e. The molecule has 1 aromatic carbocycles. The summed E-state index contributed by atoms with van der Waals surface area (Å²) < 4.78 is 7.06. The summed E-state index contributed by atoms with van der Waals surface area (Å²) in [4.78, 5) is 26.6. The van der Waals surface area contributed by atoms with Crippen molar-refractivity contribution in [3.63, 3.8) is 0 Å². The van der Waals surface area contributed by atoms with Crippen molar-refractivity contribution in [1.29, 1.82) is 0 Å². The predicted octanol–water partition coefficient (Wildman–Crippen LogP) is 1.77. The van der Waals surface area contributed by atoms with E-state index in [1.165, 1.54) is 0 Å². The van der Waals surface area contributed by atoms with Gasteiger partial charge < -0.3 is 9.64 Å². The number of rotatable bonds is 4. The smallest absolute Gasteiger partial charge is 0.232 e. The highest BCUT2D eigenvalue weighted by Crippen LogP contribution is 2.29. The molecule has 0 aliphatic carbocycles. The summed E-state index contributed by atoms with van der Waals surface area (Å²) in [5, 5.41) is 11.8. The number of aromatic nitrogens is 3. The van der Waals surface area contributed by atoms with Crippen LogP contribution in [0.25, 0.3) is 0 Å². The van der Waals surface area contributed by atoms with Gasteiger partial charge in [-0.1, -0.05) is 11.8 Å². The van der Waals surface area contributed by atoms with Crippen LogP contribution in [0.3, 0.4) is 0 Å². The summed E-state index contributed by atoms with van der Waals surface area (Å²) in [6, 6.07) is 7.25. The molecule has 1 atom stereocenters. The molecule has 1 N–H and O–H groups in total. The zero-order chi connectivity index (χ0) is 18.1. The van der Waals surface area contributed by atoms with E-state index in [4.69, 9.17) is 4.74 Å². The maximum absolute atomic E-state index is 12.6. The number of carbonyl (C=O) groups is 2. The lowest BCUT2D eigenvalue weighted by atomic mass is 10.1. The number of nitrogens with one attached hydrogen (secondary N) is 1. The second kappa shape index (κ2) is 6.99. The van der Waals surface area contributed by atoms with Gasteiger partial charge in [0.25, 0.3) is 0 Å². The van der Waals surface area contributed by atoms with Gasteiger partial charge in [-0.05, 0) is 30.7 Å². The molecule has 1 fully saturated rings. The number of ether oxygens (including phenoxy) is 1. The van der Waals surface area contributed by atoms with Crippen molar-refractivity contribution in [2.24, 2.45) is 5.92 Å². The minimum Gasteiger partial charge on any atom is -0.497 e. The van der Waals surface area contributed by atoms with Gasteiger partial charge in [0.05, 0.1) is 13.0 Å². The molecule has 8 nitrogen and oxygen atoms in total. The van der Waals surface area contributed by atoms with Crippen LogP contribution >= 0.6 is 11.8 Å². The van der Waals surface area contributed by atoms with E-state index in [0.29, 0.717) is 12.5 Å². The monoisotopic (exact) mass is 373 g/mol. The molecule has 1 unspecified atom stereocenters. The number of methoxy groups -OCH3 is 1. The Morgan fingerprint density at radius 2 is 2.12 bits per heavy atom. The number of nitrogens with zero attached hydrogens (tertiary/aromatic N) is 4. The quantitative estimate of drug-likeness (QED) is 0.879. The van der Waals surface area contributed by atoms with Gasteiger partial charge in [0.1, 0.15) is 5.75 Å². The van der Waals surface area contributed by atoms with E-state index in [1.807, 2.05) is 16.7 Å². The Morgan fingerprint density at radius 1 is 1.31 bits per heavy atom.